The third-order valence-corrected chi connectivity index (χ3v) is 3.75. The minimum atomic E-state index is -0.123. The van der Waals surface area contributed by atoms with Gasteiger partial charge in [0.2, 0.25) is 0 Å². The zero-order chi connectivity index (χ0) is 12.5. The third kappa shape index (κ3) is 2.18. The molecule has 1 saturated carbocycles. The zero-order valence-electron chi connectivity index (χ0n) is 10.9. The van der Waals surface area contributed by atoms with E-state index in [9.17, 15) is 4.79 Å². The molecule has 0 unspecified atom stereocenters. The van der Waals surface area contributed by atoms with Crippen LogP contribution in [0.3, 0.4) is 0 Å². The van der Waals surface area contributed by atoms with Crippen LogP contribution in [-0.4, -0.2) is 5.78 Å². The number of ketones is 1. The van der Waals surface area contributed by atoms with Crippen LogP contribution in [0, 0.1) is 11.3 Å². The van der Waals surface area contributed by atoms with E-state index in [-0.39, 0.29) is 11.2 Å². The molecule has 0 aromatic carbocycles. The van der Waals surface area contributed by atoms with E-state index in [1.165, 1.54) is 0 Å². The smallest absolute Gasteiger partial charge is 0.159 e. The first-order chi connectivity index (χ1) is 7.31. The Balaban J connectivity index is 3.15. The van der Waals surface area contributed by atoms with Crippen molar-refractivity contribution < 1.29 is 4.79 Å². The van der Waals surface area contributed by atoms with E-state index in [0.29, 0.717) is 12.3 Å². The lowest BCUT2D eigenvalue weighted by molar-refractivity contribution is -0.119. The van der Waals surface area contributed by atoms with Gasteiger partial charge in [-0.25, -0.2) is 0 Å². The predicted octanol–water partition coefficient (Wildman–Crippen LogP) is 4.07. The van der Waals surface area contributed by atoms with Crippen LogP contribution in [0.25, 0.3) is 0 Å². The summed E-state index contributed by atoms with van der Waals surface area (Å²) < 4.78 is 0. The first kappa shape index (κ1) is 13.0. The molecule has 1 nitrogen and oxygen atoms in total. The van der Waals surface area contributed by atoms with Gasteiger partial charge in [0.1, 0.15) is 0 Å². The van der Waals surface area contributed by atoms with Crippen molar-refractivity contribution in [3.63, 3.8) is 0 Å². The molecule has 0 N–H and O–H groups in total. The lowest BCUT2D eigenvalue weighted by Crippen LogP contribution is -2.35. The number of Topliss-reactive ketones (excluding diaryl/α,β-unsaturated/α-hetero) is 1. The van der Waals surface area contributed by atoms with Crippen molar-refractivity contribution >= 4 is 5.78 Å². The van der Waals surface area contributed by atoms with Crippen LogP contribution >= 0.6 is 0 Å². The molecule has 0 aromatic rings. The molecule has 0 bridgehead atoms. The van der Waals surface area contributed by atoms with Gasteiger partial charge in [-0.3, -0.25) is 4.79 Å². The normalized spacial score (nSPS) is 30.1. The summed E-state index contributed by atoms with van der Waals surface area (Å²) in [7, 11) is 0. The molecule has 0 saturated heterocycles. The molecule has 1 rings (SSSR count). The number of carbonyl (C=O) groups is 1. The molecule has 0 aromatic heterocycles. The highest BCUT2D eigenvalue weighted by atomic mass is 16.1. The predicted molar refractivity (Wildman–Crippen MR) is 69.2 cm³/mol. The van der Waals surface area contributed by atoms with Crippen molar-refractivity contribution in [3.05, 3.63) is 36.0 Å². The van der Waals surface area contributed by atoms with Crippen molar-refractivity contribution in [2.45, 2.75) is 40.5 Å². The summed E-state index contributed by atoms with van der Waals surface area (Å²) in [6.07, 6.45) is 3.31. The van der Waals surface area contributed by atoms with E-state index in [1.54, 1.807) is 0 Å². The lowest BCUT2D eigenvalue weighted by Gasteiger charge is -2.40. The minimum Gasteiger partial charge on any atom is -0.295 e. The summed E-state index contributed by atoms with van der Waals surface area (Å²) in [6, 6.07) is 0. The molecule has 88 valence electrons. The topological polar surface area (TPSA) is 17.1 Å². The van der Waals surface area contributed by atoms with Gasteiger partial charge in [0.15, 0.2) is 5.78 Å². The summed E-state index contributed by atoms with van der Waals surface area (Å²) in [6.45, 7) is 16.1. The average Bonchev–Trinajstić information content (AvgIpc) is 2.16. The van der Waals surface area contributed by atoms with Crippen LogP contribution in [0.2, 0.25) is 0 Å². The third-order valence-electron chi connectivity index (χ3n) is 3.75. The number of carbonyl (C=O) groups excluding carboxylic acids is 1. The quantitative estimate of drug-likeness (QED) is 0.504. The monoisotopic (exact) mass is 218 g/mol. The highest BCUT2D eigenvalue weighted by molar-refractivity contribution is 5.97. The van der Waals surface area contributed by atoms with E-state index in [2.05, 4.69) is 20.1 Å². The molecule has 1 fully saturated rings. The van der Waals surface area contributed by atoms with Gasteiger partial charge in [0, 0.05) is 6.42 Å². The summed E-state index contributed by atoms with van der Waals surface area (Å²) in [5.74, 6) is 0.618. The first-order valence-electron chi connectivity index (χ1n) is 5.80. The van der Waals surface area contributed by atoms with E-state index < -0.39 is 0 Å². The highest BCUT2D eigenvalue weighted by Gasteiger charge is 2.40. The molecular formula is C15H22O. The van der Waals surface area contributed by atoms with Crippen LogP contribution < -0.4 is 0 Å². The van der Waals surface area contributed by atoms with Gasteiger partial charge in [-0.1, -0.05) is 30.7 Å². The maximum absolute atomic E-state index is 12.0. The summed E-state index contributed by atoms with van der Waals surface area (Å²) >= 11 is 0. The Morgan fingerprint density at radius 1 is 1.44 bits per heavy atom. The highest BCUT2D eigenvalue weighted by Crippen LogP contribution is 2.46. The number of rotatable bonds is 2. The van der Waals surface area contributed by atoms with Crippen LogP contribution in [0.4, 0.5) is 0 Å². The van der Waals surface area contributed by atoms with E-state index in [0.717, 1.165) is 23.1 Å². The van der Waals surface area contributed by atoms with Crippen LogP contribution in [0.15, 0.2) is 36.0 Å². The molecule has 0 radical (unpaired) electrons. The van der Waals surface area contributed by atoms with E-state index >= 15 is 0 Å². The Labute approximate surface area is 98.9 Å². The largest absolute Gasteiger partial charge is 0.295 e. The van der Waals surface area contributed by atoms with Gasteiger partial charge in [-0.05, 0) is 44.1 Å². The SMILES string of the molecule is C=C[C@@]1(C)CC(=O)C(=C(C)C)C[C@@H]1C(=C)C. The molecular weight excluding hydrogens is 196 g/mol. The van der Waals surface area contributed by atoms with Crippen molar-refractivity contribution in [1.29, 1.82) is 0 Å². The average molecular weight is 218 g/mol. The fourth-order valence-electron chi connectivity index (χ4n) is 2.56. The number of hydrogen-bond donors (Lipinski definition) is 0. The Kier molecular flexibility index (Phi) is 3.57. The number of allylic oxidation sites excluding steroid dienone is 4. The van der Waals surface area contributed by atoms with Crippen LogP contribution in [0.5, 0.6) is 0 Å². The van der Waals surface area contributed by atoms with Gasteiger partial charge in [-0.2, -0.15) is 0 Å². The maximum Gasteiger partial charge on any atom is 0.159 e. The molecule has 0 aliphatic heterocycles. The van der Waals surface area contributed by atoms with Crippen LogP contribution in [0.1, 0.15) is 40.5 Å². The first-order valence-corrected chi connectivity index (χ1v) is 5.80. The fraction of sp³-hybridized carbons (Fsp3) is 0.533. The number of hydrogen-bond acceptors (Lipinski definition) is 1. The van der Waals surface area contributed by atoms with Gasteiger partial charge in [-0.15, -0.1) is 6.58 Å². The Bertz CT molecular complexity index is 369. The molecule has 16 heavy (non-hydrogen) atoms. The zero-order valence-corrected chi connectivity index (χ0v) is 10.9. The Morgan fingerprint density at radius 3 is 2.38 bits per heavy atom. The molecule has 0 spiro atoms. The van der Waals surface area contributed by atoms with Gasteiger partial charge in [0.05, 0.1) is 0 Å². The second-order valence-electron chi connectivity index (χ2n) is 5.39. The Hall–Kier alpha value is -1.11. The van der Waals surface area contributed by atoms with E-state index in [4.69, 9.17) is 0 Å². The van der Waals surface area contributed by atoms with Gasteiger partial charge in [0.25, 0.3) is 0 Å². The summed E-state index contributed by atoms with van der Waals surface area (Å²) in [4.78, 5) is 12.0. The van der Waals surface area contributed by atoms with Crippen LogP contribution in [-0.2, 0) is 4.79 Å². The summed E-state index contributed by atoms with van der Waals surface area (Å²) in [5, 5.41) is 0. The van der Waals surface area contributed by atoms with Crippen molar-refractivity contribution in [2.75, 3.05) is 0 Å². The van der Waals surface area contributed by atoms with Crippen molar-refractivity contribution in [1.82, 2.24) is 0 Å². The lowest BCUT2D eigenvalue weighted by atomic mass is 9.63. The van der Waals surface area contributed by atoms with Crippen molar-refractivity contribution in [3.8, 4) is 0 Å². The fourth-order valence-corrected chi connectivity index (χ4v) is 2.56. The second-order valence-corrected chi connectivity index (χ2v) is 5.39. The maximum atomic E-state index is 12.0. The molecule has 0 heterocycles. The molecule has 1 aliphatic carbocycles. The molecule has 1 heteroatoms. The van der Waals surface area contributed by atoms with Gasteiger partial charge >= 0.3 is 0 Å². The summed E-state index contributed by atoms with van der Waals surface area (Å²) in [5.41, 5.74) is 3.16. The minimum absolute atomic E-state index is 0.123. The molecule has 2 atom stereocenters. The standard InChI is InChI=1S/C15H22O/c1-7-15(6)9-14(16)12(10(2)3)8-13(15)11(4)5/h7,13H,1,4,8-9H2,2-3,5-6H3/t13-,15+/m1/s1. The van der Waals surface area contributed by atoms with Crippen molar-refractivity contribution in [2.24, 2.45) is 11.3 Å². The molecule has 0 amide bonds. The van der Waals surface area contributed by atoms with Gasteiger partial charge < -0.3 is 0 Å². The van der Waals surface area contributed by atoms with E-state index in [1.807, 2.05) is 26.8 Å². The second kappa shape index (κ2) is 4.40. The Morgan fingerprint density at radius 2 is 2.00 bits per heavy atom. The molecule has 1 aliphatic rings.